The van der Waals surface area contributed by atoms with E-state index in [0.717, 1.165) is 29.7 Å². The number of hydrogen-bond donors (Lipinski definition) is 1. The molecule has 106 valence electrons. The van der Waals surface area contributed by atoms with Crippen molar-refractivity contribution in [3.63, 3.8) is 0 Å². The summed E-state index contributed by atoms with van der Waals surface area (Å²) in [4.78, 5) is 11.9. The van der Waals surface area contributed by atoms with Gasteiger partial charge in [0, 0.05) is 23.5 Å². The zero-order valence-electron chi connectivity index (χ0n) is 12.0. The van der Waals surface area contributed by atoms with Gasteiger partial charge < -0.3 is 10.3 Å². The van der Waals surface area contributed by atoms with Crippen molar-refractivity contribution in [2.24, 2.45) is 5.73 Å². The molecule has 2 rings (SSSR count). The summed E-state index contributed by atoms with van der Waals surface area (Å²) in [5.41, 5.74) is 10.5. The highest BCUT2D eigenvalue weighted by molar-refractivity contribution is 7.08. The highest BCUT2D eigenvalue weighted by Gasteiger charge is 2.23. The molecule has 2 N–H and O–H groups in total. The van der Waals surface area contributed by atoms with Crippen LogP contribution in [0.1, 0.15) is 35.1 Å². The van der Waals surface area contributed by atoms with Crippen LogP contribution in [0.15, 0.2) is 29.5 Å². The first kappa shape index (κ1) is 14.6. The SMILES string of the molecule is C=CCn1c(C)c(C(N)=O)c(-c2ccsc2)c1CCC. The summed E-state index contributed by atoms with van der Waals surface area (Å²) in [6, 6.07) is 2.04. The largest absolute Gasteiger partial charge is 0.366 e. The lowest BCUT2D eigenvalue weighted by Crippen LogP contribution is -2.13. The number of hydrogen-bond acceptors (Lipinski definition) is 2. The molecule has 0 aliphatic heterocycles. The van der Waals surface area contributed by atoms with Crippen LogP contribution < -0.4 is 5.73 Å². The molecule has 3 nitrogen and oxygen atoms in total. The summed E-state index contributed by atoms with van der Waals surface area (Å²) in [5.74, 6) is -0.358. The van der Waals surface area contributed by atoms with Crippen molar-refractivity contribution in [2.75, 3.05) is 0 Å². The van der Waals surface area contributed by atoms with Crippen LogP contribution >= 0.6 is 11.3 Å². The topological polar surface area (TPSA) is 48.0 Å². The molecule has 0 saturated heterocycles. The van der Waals surface area contributed by atoms with Gasteiger partial charge in [-0.3, -0.25) is 4.79 Å². The third-order valence-corrected chi connectivity index (χ3v) is 4.17. The molecule has 0 aliphatic carbocycles. The van der Waals surface area contributed by atoms with Gasteiger partial charge in [-0.1, -0.05) is 19.4 Å². The smallest absolute Gasteiger partial charge is 0.251 e. The lowest BCUT2D eigenvalue weighted by atomic mass is 10.0. The van der Waals surface area contributed by atoms with Gasteiger partial charge in [0.15, 0.2) is 0 Å². The number of rotatable bonds is 6. The molecule has 0 saturated carbocycles. The first-order valence-electron chi connectivity index (χ1n) is 6.77. The minimum atomic E-state index is -0.358. The normalized spacial score (nSPS) is 10.7. The molecule has 0 aliphatic rings. The van der Waals surface area contributed by atoms with Gasteiger partial charge in [-0.15, -0.1) is 6.58 Å². The van der Waals surface area contributed by atoms with E-state index in [1.165, 1.54) is 5.69 Å². The van der Waals surface area contributed by atoms with Crippen molar-refractivity contribution in [2.45, 2.75) is 33.2 Å². The Morgan fingerprint density at radius 3 is 2.80 bits per heavy atom. The van der Waals surface area contributed by atoms with Crippen LogP contribution in [0.2, 0.25) is 0 Å². The Kier molecular flexibility index (Phi) is 4.45. The molecule has 2 aromatic rings. The molecular weight excluding hydrogens is 268 g/mol. The van der Waals surface area contributed by atoms with Gasteiger partial charge in [-0.2, -0.15) is 11.3 Å². The maximum atomic E-state index is 11.9. The standard InChI is InChI=1S/C16H20N2OS/c1-4-6-13-15(12-7-9-20-10-12)14(16(17)19)11(3)18(13)8-5-2/h5,7,9-10H,2,4,6,8H2,1,3H3,(H2,17,19). The molecule has 2 heterocycles. The molecule has 0 unspecified atom stereocenters. The zero-order valence-corrected chi connectivity index (χ0v) is 12.8. The van der Waals surface area contributed by atoms with Crippen molar-refractivity contribution in [1.29, 1.82) is 0 Å². The van der Waals surface area contributed by atoms with Crippen LogP contribution in [-0.4, -0.2) is 10.5 Å². The molecule has 2 aromatic heterocycles. The lowest BCUT2D eigenvalue weighted by Gasteiger charge is -2.09. The van der Waals surface area contributed by atoms with Gasteiger partial charge in [-0.25, -0.2) is 0 Å². The number of thiophene rings is 1. The zero-order chi connectivity index (χ0) is 14.7. The maximum absolute atomic E-state index is 11.9. The first-order chi connectivity index (χ1) is 9.61. The fourth-order valence-corrected chi connectivity index (χ4v) is 3.34. The monoisotopic (exact) mass is 288 g/mol. The number of carbonyl (C=O) groups excluding carboxylic acids is 1. The van der Waals surface area contributed by atoms with E-state index in [-0.39, 0.29) is 5.91 Å². The van der Waals surface area contributed by atoms with E-state index in [2.05, 4.69) is 23.4 Å². The number of nitrogens with zero attached hydrogens (tertiary/aromatic N) is 1. The van der Waals surface area contributed by atoms with E-state index >= 15 is 0 Å². The molecule has 1 amide bonds. The molecule has 20 heavy (non-hydrogen) atoms. The van der Waals surface area contributed by atoms with E-state index in [1.807, 2.05) is 24.4 Å². The maximum Gasteiger partial charge on any atom is 0.251 e. The van der Waals surface area contributed by atoms with Crippen molar-refractivity contribution >= 4 is 17.2 Å². The van der Waals surface area contributed by atoms with Crippen LogP contribution in [0.5, 0.6) is 0 Å². The summed E-state index contributed by atoms with van der Waals surface area (Å²) in [6.45, 7) is 8.61. The van der Waals surface area contributed by atoms with Gasteiger partial charge in [0.1, 0.15) is 0 Å². The molecular formula is C16H20N2OS. The number of primary amides is 1. The van der Waals surface area contributed by atoms with Gasteiger partial charge >= 0.3 is 0 Å². The number of aromatic nitrogens is 1. The quantitative estimate of drug-likeness (QED) is 0.808. The molecule has 0 fully saturated rings. The summed E-state index contributed by atoms with van der Waals surface area (Å²) in [7, 11) is 0. The Labute approximate surface area is 123 Å². The van der Waals surface area contributed by atoms with E-state index < -0.39 is 0 Å². The predicted molar refractivity (Wildman–Crippen MR) is 85.2 cm³/mol. The minimum absolute atomic E-state index is 0.358. The van der Waals surface area contributed by atoms with Crippen LogP contribution in [0.25, 0.3) is 11.1 Å². The predicted octanol–water partition coefficient (Wildman–Crippen LogP) is 3.76. The highest BCUT2D eigenvalue weighted by atomic mass is 32.1. The average molecular weight is 288 g/mol. The van der Waals surface area contributed by atoms with Crippen LogP contribution in [0, 0.1) is 6.92 Å². The fraction of sp³-hybridized carbons (Fsp3) is 0.312. The third-order valence-electron chi connectivity index (χ3n) is 3.49. The van der Waals surface area contributed by atoms with Crippen molar-refractivity contribution in [1.82, 2.24) is 4.57 Å². The lowest BCUT2D eigenvalue weighted by molar-refractivity contribution is 0.1000. The number of nitrogens with two attached hydrogens (primary N) is 1. The Morgan fingerprint density at radius 1 is 1.55 bits per heavy atom. The molecule has 0 spiro atoms. The molecule has 4 heteroatoms. The Hall–Kier alpha value is -1.81. The van der Waals surface area contributed by atoms with Crippen molar-refractivity contribution in [3.05, 3.63) is 46.4 Å². The van der Waals surface area contributed by atoms with Gasteiger partial charge in [-0.05, 0) is 35.7 Å². The van der Waals surface area contributed by atoms with Gasteiger partial charge in [0.05, 0.1) is 5.56 Å². The average Bonchev–Trinajstić information content (AvgIpc) is 3.00. The van der Waals surface area contributed by atoms with E-state index in [0.29, 0.717) is 12.1 Å². The van der Waals surface area contributed by atoms with Gasteiger partial charge in [0.2, 0.25) is 0 Å². The van der Waals surface area contributed by atoms with Crippen LogP contribution in [0.4, 0.5) is 0 Å². The third kappa shape index (κ3) is 2.43. The summed E-state index contributed by atoms with van der Waals surface area (Å²) < 4.78 is 2.16. The minimum Gasteiger partial charge on any atom is -0.366 e. The van der Waals surface area contributed by atoms with E-state index in [9.17, 15) is 4.79 Å². The molecule has 0 aromatic carbocycles. The second kappa shape index (κ2) is 6.09. The number of allylic oxidation sites excluding steroid dienone is 1. The van der Waals surface area contributed by atoms with Crippen molar-refractivity contribution < 1.29 is 4.79 Å². The Balaban J connectivity index is 2.76. The molecule has 0 atom stereocenters. The highest BCUT2D eigenvalue weighted by Crippen LogP contribution is 2.34. The van der Waals surface area contributed by atoms with Gasteiger partial charge in [0.25, 0.3) is 5.91 Å². The Bertz CT molecular complexity index is 623. The summed E-state index contributed by atoms with van der Waals surface area (Å²) >= 11 is 1.63. The summed E-state index contributed by atoms with van der Waals surface area (Å²) in [6.07, 6.45) is 3.80. The molecule has 0 bridgehead atoms. The summed E-state index contributed by atoms with van der Waals surface area (Å²) in [5, 5.41) is 4.09. The first-order valence-corrected chi connectivity index (χ1v) is 7.71. The second-order valence-electron chi connectivity index (χ2n) is 4.81. The molecule has 0 radical (unpaired) electrons. The Morgan fingerprint density at radius 2 is 2.30 bits per heavy atom. The fourth-order valence-electron chi connectivity index (χ4n) is 2.69. The number of carbonyl (C=O) groups is 1. The van der Waals surface area contributed by atoms with Crippen molar-refractivity contribution in [3.8, 4) is 11.1 Å². The van der Waals surface area contributed by atoms with E-state index in [1.54, 1.807) is 11.3 Å². The van der Waals surface area contributed by atoms with Crippen LogP contribution in [0.3, 0.4) is 0 Å². The van der Waals surface area contributed by atoms with E-state index in [4.69, 9.17) is 5.73 Å². The second-order valence-corrected chi connectivity index (χ2v) is 5.59. The van der Waals surface area contributed by atoms with Crippen LogP contribution in [-0.2, 0) is 13.0 Å². The number of amides is 1.